The number of amides is 1. The van der Waals surface area contributed by atoms with E-state index in [9.17, 15) is 4.79 Å². The number of carbonyl (C=O) groups is 1. The minimum absolute atomic E-state index is 0.0824. The maximum Gasteiger partial charge on any atom is 0.253 e. The number of nitrogens with zero attached hydrogens (tertiary/aromatic N) is 1. The van der Waals surface area contributed by atoms with Gasteiger partial charge in [-0.2, -0.15) is 0 Å². The smallest absolute Gasteiger partial charge is 0.253 e. The first-order valence-corrected chi connectivity index (χ1v) is 8.14. The Morgan fingerprint density at radius 3 is 2.76 bits per heavy atom. The van der Waals surface area contributed by atoms with Gasteiger partial charge in [0.2, 0.25) is 0 Å². The van der Waals surface area contributed by atoms with Crippen LogP contribution in [0, 0.1) is 11.8 Å². The molecule has 116 valence electrons. The summed E-state index contributed by atoms with van der Waals surface area (Å²) >= 11 is 6.14. The van der Waals surface area contributed by atoms with Crippen molar-refractivity contribution < 1.29 is 4.79 Å². The van der Waals surface area contributed by atoms with Crippen molar-refractivity contribution >= 4 is 23.3 Å². The Hall–Kier alpha value is -1.29. The first kappa shape index (κ1) is 16.1. The molecule has 3 unspecified atom stereocenters. The Morgan fingerprint density at radius 1 is 1.43 bits per heavy atom. The molecule has 0 aliphatic heterocycles. The number of aromatic nitrogens is 1. The number of nitrogens with one attached hydrogen (secondary N) is 2. The molecule has 1 aliphatic carbocycles. The zero-order valence-corrected chi connectivity index (χ0v) is 13.7. The Kier molecular flexibility index (Phi) is 5.45. The van der Waals surface area contributed by atoms with E-state index in [1.807, 2.05) is 6.92 Å². The number of pyridine rings is 1. The van der Waals surface area contributed by atoms with Crippen molar-refractivity contribution in [3.05, 3.63) is 22.8 Å². The van der Waals surface area contributed by atoms with Gasteiger partial charge in [-0.25, -0.2) is 4.98 Å². The summed E-state index contributed by atoms with van der Waals surface area (Å²) in [6.45, 7) is 7.17. The van der Waals surface area contributed by atoms with Gasteiger partial charge in [0, 0.05) is 18.8 Å². The van der Waals surface area contributed by atoms with E-state index < -0.39 is 0 Å². The van der Waals surface area contributed by atoms with Gasteiger partial charge in [-0.05, 0) is 37.7 Å². The standard InChI is InChI=1S/C16H24ClN3O/c1-4-11-6-7-14(10(11)3)20-16(21)12-8-13(17)15(18-5-2)19-9-12/h8-11,14H,4-7H2,1-3H3,(H,18,19)(H,20,21). The van der Waals surface area contributed by atoms with Crippen molar-refractivity contribution in [1.82, 2.24) is 10.3 Å². The highest BCUT2D eigenvalue weighted by atomic mass is 35.5. The van der Waals surface area contributed by atoms with Crippen molar-refractivity contribution in [2.75, 3.05) is 11.9 Å². The minimum Gasteiger partial charge on any atom is -0.369 e. The van der Waals surface area contributed by atoms with Gasteiger partial charge >= 0.3 is 0 Å². The molecule has 0 bridgehead atoms. The number of anilines is 1. The van der Waals surface area contributed by atoms with Crippen molar-refractivity contribution in [3.8, 4) is 0 Å². The first-order chi connectivity index (χ1) is 10.1. The van der Waals surface area contributed by atoms with E-state index in [0.717, 1.165) is 13.0 Å². The van der Waals surface area contributed by atoms with E-state index in [-0.39, 0.29) is 11.9 Å². The second-order valence-corrected chi connectivity index (χ2v) is 6.18. The zero-order chi connectivity index (χ0) is 15.4. The minimum atomic E-state index is -0.0824. The molecule has 1 fully saturated rings. The van der Waals surface area contributed by atoms with Crippen LogP contribution in [0.1, 0.15) is 50.4 Å². The van der Waals surface area contributed by atoms with Crippen LogP contribution >= 0.6 is 11.6 Å². The lowest BCUT2D eigenvalue weighted by molar-refractivity contribution is 0.0926. The van der Waals surface area contributed by atoms with Crippen LogP contribution in [-0.2, 0) is 0 Å². The topological polar surface area (TPSA) is 54.0 Å². The molecule has 1 aromatic rings. The quantitative estimate of drug-likeness (QED) is 0.871. The fraction of sp³-hybridized carbons (Fsp3) is 0.625. The monoisotopic (exact) mass is 309 g/mol. The Bertz CT molecular complexity index is 506. The maximum atomic E-state index is 12.3. The van der Waals surface area contributed by atoms with E-state index in [0.29, 0.717) is 28.2 Å². The van der Waals surface area contributed by atoms with Crippen molar-refractivity contribution in [3.63, 3.8) is 0 Å². The third-order valence-electron chi connectivity index (χ3n) is 4.52. The third-order valence-corrected chi connectivity index (χ3v) is 4.80. The fourth-order valence-corrected chi connectivity index (χ4v) is 3.37. The normalized spacial score (nSPS) is 24.9. The lowest BCUT2D eigenvalue weighted by Crippen LogP contribution is -2.37. The molecule has 0 radical (unpaired) electrons. The molecular weight excluding hydrogens is 286 g/mol. The summed E-state index contributed by atoms with van der Waals surface area (Å²) < 4.78 is 0. The van der Waals surface area contributed by atoms with Crippen molar-refractivity contribution in [1.29, 1.82) is 0 Å². The van der Waals surface area contributed by atoms with Crippen LogP contribution in [0.25, 0.3) is 0 Å². The zero-order valence-electron chi connectivity index (χ0n) is 12.9. The number of rotatable bonds is 5. The van der Waals surface area contributed by atoms with Gasteiger partial charge in [-0.1, -0.05) is 31.9 Å². The number of hydrogen-bond donors (Lipinski definition) is 2. The molecule has 1 aliphatic rings. The molecule has 0 spiro atoms. The van der Waals surface area contributed by atoms with Gasteiger partial charge in [-0.3, -0.25) is 4.79 Å². The molecule has 0 aromatic carbocycles. The summed E-state index contributed by atoms with van der Waals surface area (Å²) in [5.74, 6) is 1.79. The maximum absolute atomic E-state index is 12.3. The summed E-state index contributed by atoms with van der Waals surface area (Å²) in [4.78, 5) is 16.5. The average Bonchev–Trinajstić information content (AvgIpc) is 2.82. The molecule has 1 heterocycles. The lowest BCUT2D eigenvalue weighted by atomic mass is 9.93. The van der Waals surface area contributed by atoms with Gasteiger partial charge in [0.1, 0.15) is 5.82 Å². The van der Waals surface area contributed by atoms with E-state index in [4.69, 9.17) is 11.6 Å². The summed E-state index contributed by atoms with van der Waals surface area (Å²) in [7, 11) is 0. The SMILES string of the molecule is CCNc1ncc(C(=O)NC2CCC(CC)C2C)cc1Cl. The molecule has 2 rings (SSSR count). The number of hydrogen-bond acceptors (Lipinski definition) is 3. The fourth-order valence-electron chi connectivity index (χ4n) is 3.14. The molecule has 0 saturated heterocycles. The van der Waals surface area contributed by atoms with Crippen molar-refractivity contribution in [2.24, 2.45) is 11.8 Å². The largest absolute Gasteiger partial charge is 0.369 e. The summed E-state index contributed by atoms with van der Waals surface area (Å²) in [5, 5.41) is 6.67. The summed E-state index contributed by atoms with van der Waals surface area (Å²) in [6, 6.07) is 1.94. The predicted molar refractivity (Wildman–Crippen MR) is 86.8 cm³/mol. The second kappa shape index (κ2) is 7.12. The van der Waals surface area contributed by atoms with Crippen LogP contribution in [0.4, 0.5) is 5.82 Å². The van der Waals surface area contributed by atoms with Crippen LogP contribution in [0.3, 0.4) is 0 Å². The molecule has 5 heteroatoms. The average molecular weight is 310 g/mol. The third kappa shape index (κ3) is 3.67. The highest BCUT2D eigenvalue weighted by molar-refractivity contribution is 6.33. The highest BCUT2D eigenvalue weighted by Gasteiger charge is 2.32. The predicted octanol–water partition coefficient (Wildman–Crippen LogP) is 3.72. The van der Waals surface area contributed by atoms with Gasteiger partial charge in [0.05, 0.1) is 10.6 Å². The second-order valence-electron chi connectivity index (χ2n) is 5.77. The van der Waals surface area contributed by atoms with Crippen LogP contribution < -0.4 is 10.6 Å². The summed E-state index contributed by atoms with van der Waals surface area (Å²) in [5.41, 5.74) is 0.522. The molecule has 2 N–H and O–H groups in total. The van der Waals surface area contributed by atoms with E-state index >= 15 is 0 Å². The van der Waals surface area contributed by atoms with Gasteiger partial charge < -0.3 is 10.6 Å². The highest BCUT2D eigenvalue weighted by Crippen LogP contribution is 2.34. The number of carbonyl (C=O) groups excluding carboxylic acids is 1. The van der Waals surface area contributed by atoms with Crippen LogP contribution in [-0.4, -0.2) is 23.5 Å². The van der Waals surface area contributed by atoms with Crippen LogP contribution in [0.2, 0.25) is 5.02 Å². The van der Waals surface area contributed by atoms with E-state index in [2.05, 4.69) is 29.5 Å². The van der Waals surface area contributed by atoms with Gasteiger partial charge in [0.25, 0.3) is 5.91 Å². The van der Waals surface area contributed by atoms with Crippen LogP contribution in [0.5, 0.6) is 0 Å². The molecule has 3 atom stereocenters. The van der Waals surface area contributed by atoms with Gasteiger partial charge in [0.15, 0.2) is 0 Å². The molecule has 21 heavy (non-hydrogen) atoms. The molecular formula is C16H24ClN3O. The lowest BCUT2D eigenvalue weighted by Gasteiger charge is -2.21. The van der Waals surface area contributed by atoms with Crippen LogP contribution in [0.15, 0.2) is 12.3 Å². The Morgan fingerprint density at radius 2 is 2.19 bits per heavy atom. The number of halogens is 1. The summed E-state index contributed by atoms with van der Waals surface area (Å²) in [6.07, 6.45) is 5.01. The van der Waals surface area contributed by atoms with Crippen molar-refractivity contribution in [2.45, 2.75) is 46.1 Å². The molecule has 1 saturated carbocycles. The molecule has 1 amide bonds. The Balaban J connectivity index is 2.02. The van der Waals surface area contributed by atoms with E-state index in [1.54, 1.807) is 12.3 Å². The Labute approximate surface area is 131 Å². The van der Waals surface area contributed by atoms with Gasteiger partial charge in [-0.15, -0.1) is 0 Å². The molecule has 1 aromatic heterocycles. The first-order valence-electron chi connectivity index (χ1n) is 7.77. The molecule has 4 nitrogen and oxygen atoms in total. The van der Waals surface area contributed by atoms with E-state index in [1.165, 1.54) is 12.8 Å².